The Hall–Kier alpha value is -1.84. The number of rotatable bonds is 3. The number of carbonyl (C=O) groups excluding carboxylic acids is 1. The SMILES string of the molecule is CC(=O)Nc1ccn([C@@H]2O[C@H](CO)[C@@H](O)[C@@H]2F)c(=O)n1. The minimum Gasteiger partial charge on any atom is -0.394 e. The van der Waals surface area contributed by atoms with Crippen molar-refractivity contribution in [3.63, 3.8) is 0 Å². The van der Waals surface area contributed by atoms with Gasteiger partial charge in [0.05, 0.1) is 6.61 Å². The van der Waals surface area contributed by atoms with Crippen molar-refractivity contribution in [3.05, 3.63) is 22.7 Å². The predicted molar refractivity (Wildman–Crippen MR) is 64.7 cm³/mol. The van der Waals surface area contributed by atoms with E-state index in [4.69, 9.17) is 9.84 Å². The molecule has 4 atom stereocenters. The minimum atomic E-state index is -1.86. The highest BCUT2D eigenvalue weighted by molar-refractivity contribution is 5.87. The molecule has 0 spiro atoms. The molecule has 1 aliphatic rings. The topological polar surface area (TPSA) is 114 Å². The molecule has 20 heavy (non-hydrogen) atoms. The molecule has 0 aromatic carbocycles. The van der Waals surface area contributed by atoms with Crippen molar-refractivity contribution in [2.75, 3.05) is 11.9 Å². The molecule has 110 valence electrons. The van der Waals surface area contributed by atoms with Crippen molar-refractivity contribution in [1.82, 2.24) is 9.55 Å². The van der Waals surface area contributed by atoms with Gasteiger partial charge >= 0.3 is 5.69 Å². The molecule has 3 N–H and O–H groups in total. The zero-order valence-electron chi connectivity index (χ0n) is 10.6. The van der Waals surface area contributed by atoms with Crippen LogP contribution in [-0.2, 0) is 9.53 Å². The Labute approximate surface area is 112 Å². The van der Waals surface area contributed by atoms with Crippen LogP contribution in [0.5, 0.6) is 0 Å². The lowest BCUT2D eigenvalue weighted by molar-refractivity contribution is -0.114. The number of amides is 1. The number of ether oxygens (including phenoxy) is 1. The molecule has 0 aliphatic carbocycles. The fraction of sp³-hybridized carbons (Fsp3) is 0.545. The summed E-state index contributed by atoms with van der Waals surface area (Å²) >= 11 is 0. The average molecular weight is 287 g/mol. The molecule has 0 unspecified atom stereocenters. The fourth-order valence-electron chi connectivity index (χ4n) is 1.93. The zero-order chi connectivity index (χ0) is 14.9. The molecule has 9 heteroatoms. The quantitative estimate of drug-likeness (QED) is 0.643. The second kappa shape index (κ2) is 5.65. The van der Waals surface area contributed by atoms with Crippen LogP contribution in [0.25, 0.3) is 0 Å². The van der Waals surface area contributed by atoms with E-state index in [0.717, 1.165) is 4.57 Å². The van der Waals surface area contributed by atoms with E-state index >= 15 is 0 Å². The maximum Gasteiger partial charge on any atom is 0.351 e. The van der Waals surface area contributed by atoms with Crippen molar-refractivity contribution in [2.24, 2.45) is 0 Å². The number of alkyl halides is 1. The van der Waals surface area contributed by atoms with E-state index in [9.17, 15) is 19.1 Å². The number of hydrogen-bond donors (Lipinski definition) is 3. The van der Waals surface area contributed by atoms with Crippen LogP contribution in [-0.4, -0.2) is 50.7 Å². The van der Waals surface area contributed by atoms with Crippen LogP contribution in [0, 0.1) is 0 Å². The van der Waals surface area contributed by atoms with Crippen LogP contribution < -0.4 is 11.0 Å². The van der Waals surface area contributed by atoms with Crippen molar-refractivity contribution in [2.45, 2.75) is 31.5 Å². The van der Waals surface area contributed by atoms with Gasteiger partial charge in [-0.25, -0.2) is 9.18 Å². The first-order valence-corrected chi connectivity index (χ1v) is 5.89. The molecule has 1 aromatic heterocycles. The third-order valence-electron chi connectivity index (χ3n) is 2.88. The van der Waals surface area contributed by atoms with E-state index in [1.165, 1.54) is 19.2 Å². The third-order valence-corrected chi connectivity index (χ3v) is 2.88. The summed E-state index contributed by atoms with van der Waals surface area (Å²) in [5.41, 5.74) is -0.838. The van der Waals surface area contributed by atoms with Gasteiger partial charge in [0.15, 0.2) is 12.4 Å². The van der Waals surface area contributed by atoms with E-state index in [2.05, 4.69) is 10.3 Å². The van der Waals surface area contributed by atoms with Crippen LogP contribution in [0.4, 0.5) is 10.2 Å². The van der Waals surface area contributed by atoms with Gasteiger partial charge in [-0.2, -0.15) is 4.98 Å². The molecule has 1 aliphatic heterocycles. The molecule has 2 heterocycles. The summed E-state index contributed by atoms with van der Waals surface area (Å²) in [7, 11) is 0. The summed E-state index contributed by atoms with van der Waals surface area (Å²) in [5, 5.41) is 20.7. The lowest BCUT2D eigenvalue weighted by Gasteiger charge is -2.15. The number of anilines is 1. The molecular weight excluding hydrogens is 273 g/mol. The van der Waals surface area contributed by atoms with Crippen LogP contribution in [0.2, 0.25) is 0 Å². The minimum absolute atomic E-state index is 0.0337. The monoisotopic (exact) mass is 287 g/mol. The lowest BCUT2D eigenvalue weighted by atomic mass is 10.1. The second-order valence-corrected chi connectivity index (χ2v) is 4.37. The largest absolute Gasteiger partial charge is 0.394 e. The van der Waals surface area contributed by atoms with Gasteiger partial charge in [-0.15, -0.1) is 0 Å². The third kappa shape index (κ3) is 2.69. The maximum absolute atomic E-state index is 13.9. The first-order chi connectivity index (χ1) is 9.43. The lowest BCUT2D eigenvalue weighted by Crippen LogP contribution is -2.33. The number of hydrogen-bond acceptors (Lipinski definition) is 6. The van der Waals surface area contributed by atoms with Gasteiger partial charge in [-0.3, -0.25) is 9.36 Å². The van der Waals surface area contributed by atoms with E-state index in [0.29, 0.717) is 0 Å². The summed E-state index contributed by atoms with van der Waals surface area (Å²) in [6.45, 7) is 0.692. The summed E-state index contributed by atoms with van der Waals surface area (Å²) in [6.07, 6.45) is -4.65. The number of aromatic nitrogens is 2. The van der Waals surface area contributed by atoms with Crippen LogP contribution in [0.15, 0.2) is 17.1 Å². The molecule has 2 rings (SSSR count). The van der Waals surface area contributed by atoms with Crippen LogP contribution >= 0.6 is 0 Å². The highest BCUT2D eigenvalue weighted by Crippen LogP contribution is 2.30. The van der Waals surface area contributed by atoms with Crippen LogP contribution in [0.3, 0.4) is 0 Å². The Kier molecular flexibility index (Phi) is 4.12. The Morgan fingerprint density at radius 2 is 2.35 bits per heavy atom. The van der Waals surface area contributed by atoms with Gasteiger partial charge < -0.3 is 20.3 Å². The number of nitrogens with zero attached hydrogens (tertiary/aromatic N) is 2. The Morgan fingerprint density at radius 1 is 1.65 bits per heavy atom. The standard InChI is InChI=1S/C11H14FN3O5/c1-5(17)13-7-2-3-15(11(19)14-7)10-8(12)9(18)6(4-16)20-10/h2-3,6,8-10,16,18H,4H2,1H3,(H,13,14,17,19)/t6-,8+,9-,10-/m1/s1. The van der Waals surface area contributed by atoms with Crippen LogP contribution in [0.1, 0.15) is 13.2 Å². The summed E-state index contributed by atoms with van der Waals surface area (Å²) in [4.78, 5) is 26.2. The summed E-state index contributed by atoms with van der Waals surface area (Å²) in [6, 6.07) is 1.30. The molecule has 0 saturated carbocycles. The zero-order valence-corrected chi connectivity index (χ0v) is 10.6. The second-order valence-electron chi connectivity index (χ2n) is 4.37. The van der Waals surface area contributed by atoms with Gasteiger partial charge in [-0.1, -0.05) is 0 Å². The van der Waals surface area contributed by atoms with E-state index in [-0.39, 0.29) is 5.82 Å². The molecule has 0 bridgehead atoms. The van der Waals surface area contributed by atoms with Crippen molar-refractivity contribution in [1.29, 1.82) is 0 Å². The first kappa shape index (κ1) is 14.6. The smallest absolute Gasteiger partial charge is 0.351 e. The van der Waals surface area contributed by atoms with E-state index in [1.807, 2.05) is 0 Å². The fourth-order valence-corrected chi connectivity index (χ4v) is 1.93. The molecule has 1 saturated heterocycles. The highest BCUT2D eigenvalue weighted by Gasteiger charge is 2.45. The average Bonchev–Trinajstić information content (AvgIpc) is 2.66. The maximum atomic E-state index is 13.9. The first-order valence-electron chi connectivity index (χ1n) is 5.89. The van der Waals surface area contributed by atoms with E-state index in [1.54, 1.807) is 0 Å². The Balaban J connectivity index is 2.26. The van der Waals surface area contributed by atoms with Crippen molar-refractivity contribution < 1.29 is 24.1 Å². The number of carbonyl (C=O) groups is 1. The summed E-state index contributed by atoms with van der Waals surface area (Å²) < 4.78 is 19.8. The Bertz CT molecular complexity index is 563. The molecular formula is C11H14FN3O5. The van der Waals surface area contributed by atoms with Crippen molar-refractivity contribution >= 4 is 11.7 Å². The summed E-state index contributed by atoms with van der Waals surface area (Å²) in [5.74, 6) is -0.364. The van der Waals surface area contributed by atoms with E-state index < -0.39 is 42.8 Å². The Morgan fingerprint density at radius 3 is 2.85 bits per heavy atom. The normalized spacial score (nSPS) is 29.4. The number of aliphatic hydroxyl groups is 2. The van der Waals surface area contributed by atoms with Gasteiger partial charge in [0.2, 0.25) is 5.91 Å². The number of halogens is 1. The molecule has 1 amide bonds. The van der Waals surface area contributed by atoms with Gasteiger partial charge in [0.25, 0.3) is 0 Å². The highest BCUT2D eigenvalue weighted by atomic mass is 19.1. The van der Waals surface area contributed by atoms with Crippen molar-refractivity contribution in [3.8, 4) is 0 Å². The molecule has 1 aromatic rings. The number of nitrogens with one attached hydrogen (secondary N) is 1. The van der Waals surface area contributed by atoms with Gasteiger partial charge in [0.1, 0.15) is 18.0 Å². The predicted octanol–water partition coefficient (Wildman–Crippen LogP) is -1.21. The molecule has 1 fully saturated rings. The molecule has 0 radical (unpaired) electrons. The molecule has 8 nitrogen and oxygen atoms in total. The van der Waals surface area contributed by atoms with Gasteiger partial charge in [-0.05, 0) is 6.07 Å². The number of aliphatic hydroxyl groups excluding tert-OH is 2. The van der Waals surface area contributed by atoms with Gasteiger partial charge in [0, 0.05) is 13.1 Å².